The predicted octanol–water partition coefficient (Wildman–Crippen LogP) is 3.84. The molecule has 0 aromatic carbocycles. The van der Waals surface area contributed by atoms with E-state index in [4.69, 9.17) is 0 Å². The molecule has 1 fully saturated rings. The Morgan fingerprint density at radius 3 is 2.40 bits per heavy atom. The van der Waals surface area contributed by atoms with Crippen molar-refractivity contribution in [3.05, 3.63) is 0 Å². The summed E-state index contributed by atoms with van der Waals surface area (Å²) >= 11 is 0. The molecule has 0 spiro atoms. The van der Waals surface area contributed by atoms with Crippen LogP contribution < -0.4 is 5.32 Å². The minimum absolute atomic E-state index is 0.398. The molecule has 90 valence electrons. The highest BCUT2D eigenvalue weighted by atomic mass is 14.9. The van der Waals surface area contributed by atoms with Crippen LogP contribution in [0.25, 0.3) is 0 Å². The SMILES string of the molecule is CCC1CCCC(C(NC)C(C)(C)C)C1. The highest BCUT2D eigenvalue weighted by Gasteiger charge is 2.33. The van der Waals surface area contributed by atoms with E-state index in [0.717, 1.165) is 11.8 Å². The third-order valence-corrected chi connectivity index (χ3v) is 4.12. The first kappa shape index (κ1) is 13.0. The highest BCUT2D eigenvalue weighted by Crippen LogP contribution is 2.37. The zero-order valence-corrected chi connectivity index (χ0v) is 11.3. The van der Waals surface area contributed by atoms with Crippen molar-refractivity contribution in [2.45, 2.75) is 65.8 Å². The van der Waals surface area contributed by atoms with Crippen molar-refractivity contribution in [1.82, 2.24) is 5.32 Å². The largest absolute Gasteiger partial charge is 0.316 e. The summed E-state index contributed by atoms with van der Waals surface area (Å²) in [6.07, 6.45) is 7.15. The van der Waals surface area contributed by atoms with Gasteiger partial charge in [-0.05, 0) is 37.1 Å². The molecule has 1 saturated carbocycles. The molecule has 0 heterocycles. The topological polar surface area (TPSA) is 12.0 Å². The van der Waals surface area contributed by atoms with E-state index in [0.29, 0.717) is 11.5 Å². The van der Waals surface area contributed by atoms with E-state index < -0.39 is 0 Å². The van der Waals surface area contributed by atoms with Crippen LogP contribution in [-0.4, -0.2) is 13.1 Å². The first-order valence-corrected chi connectivity index (χ1v) is 6.66. The normalized spacial score (nSPS) is 30.2. The van der Waals surface area contributed by atoms with E-state index in [1.165, 1.54) is 32.1 Å². The third-order valence-electron chi connectivity index (χ3n) is 4.12. The Balaban J connectivity index is 2.60. The summed E-state index contributed by atoms with van der Waals surface area (Å²) in [7, 11) is 2.13. The van der Waals surface area contributed by atoms with Crippen molar-refractivity contribution in [2.75, 3.05) is 7.05 Å². The summed E-state index contributed by atoms with van der Waals surface area (Å²) in [6, 6.07) is 0.687. The van der Waals surface area contributed by atoms with Gasteiger partial charge >= 0.3 is 0 Å². The lowest BCUT2D eigenvalue weighted by atomic mass is 9.70. The highest BCUT2D eigenvalue weighted by molar-refractivity contribution is 4.88. The van der Waals surface area contributed by atoms with E-state index in [2.05, 4.69) is 40.1 Å². The lowest BCUT2D eigenvalue weighted by Gasteiger charge is -2.41. The van der Waals surface area contributed by atoms with Crippen LogP contribution in [0.3, 0.4) is 0 Å². The number of nitrogens with one attached hydrogen (secondary N) is 1. The molecule has 1 nitrogen and oxygen atoms in total. The van der Waals surface area contributed by atoms with Gasteiger partial charge in [0, 0.05) is 6.04 Å². The number of hydrogen-bond donors (Lipinski definition) is 1. The molecular weight excluding hydrogens is 182 g/mol. The van der Waals surface area contributed by atoms with Crippen molar-refractivity contribution in [3.8, 4) is 0 Å². The molecule has 0 amide bonds. The van der Waals surface area contributed by atoms with Crippen molar-refractivity contribution in [3.63, 3.8) is 0 Å². The molecule has 0 aromatic heterocycles. The molecule has 3 unspecified atom stereocenters. The van der Waals surface area contributed by atoms with Gasteiger partial charge in [-0.1, -0.05) is 47.0 Å². The molecule has 15 heavy (non-hydrogen) atoms. The number of rotatable bonds is 3. The van der Waals surface area contributed by atoms with E-state index in [1.54, 1.807) is 0 Å². The van der Waals surface area contributed by atoms with E-state index in [9.17, 15) is 0 Å². The van der Waals surface area contributed by atoms with Crippen LogP contribution in [0.1, 0.15) is 59.8 Å². The minimum atomic E-state index is 0.398. The molecule has 1 aliphatic carbocycles. The molecule has 1 N–H and O–H groups in total. The van der Waals surface area contributed by atoms with Gasteiger partial charge in [0.1, 0.15) is 0 Å². The van der Waals surface area contributed by atoms with E-state index >= 15 is 0 Å². The van der Waals surface area contributed by atoms with Crippen LogP contribution in [0.5, 0.6) is 0 Å². The summed E-state index contributed by atoms with van der Waals surface area (Å²) < 4.78 is 0. The molecule has 0 bridgehead atoms. The third kappa shape index (κ3) is 3.48. The fraction of sp³-hybridized carbons (Fsp3) is 1.00. The lowest BCUT2D eigenvalue weighted by molar-refractivity contribution is 0.137. The summed E-state index contributed by atoms with van der Waals surface area (Å²) in [5, 5.41) is 3.56. The molecule has 0 aromatic rings. The Labute approximate surface area is 96.0 Å². The van der Waals surface area contributed by atoms with Gasteiger partial charge in [-0.2, -0.15) is 0 Å². The number of hydrogen-bond acceptors (Lipinski definition) is 1. The van der Waals surface area contributed by atoms with Crippen molar-refractivity contribution >= 4 is 0 Å². The average molecular weight is 211 g/mol. The van der Waals surface area contributed by atoms with E-state index in [-0.39, 0.29) is 0 Å². The van der Waals surface area contributed by atoms with Crippen molar-refractivity contribution in [2.24, 2.45) is 17.3 Å². The summed E-state index contributed by atoms with van der Waals surface area (Å²) in [6.45, 7) is 9.44. The quantitative estimate of drug-likeness (QED) is 0.748. The van der Waals surface area contributed by atoms with Crippen LogP contribution in [0.2, 0.25) is 0 Å². The maximum absolute atomic E-state index is 3.56. The average Bonchev–Trinajstić information content (AvgIpc) is 2.17. The Morgan fingerprint density at radius 1 is 1.27 bits per heavy atom. The summed E-state index contributed by atoms with van der Waals surface area (Å²) in [5.41, 5.74) is 0.398. The molecule has 0 aliphatic heterocycles. The molecule has 1 heteroatoms. The maximum atomic E-state index is 3.56. The second kappa shape index (κ2) is 5.34. The second-order valence-corrected chi connectivity index (χ2v) is 6.33. The predicted molar refractivity (Wildman–Crippen MR) is 68.0 cm³/mol. The van der Waals surface area contributed by atoms with Gasteiger partial charge in [-0.15, -0.1) is 0 Å². The van der Waals surface area contributed by atoms with Gasteiger partial charge in [0.05, 0.1) is 0 Å². The minimum Gasteiger partial charge on any atom is -0.316 e. The van der Waals surface area contributed by atoms with Crippen LogP contribution in [0.4, 0.5) is 0 Å². The van der Waals surface area contributed by atoms with Gasteiger partial charge < -0.3 is 5.32 Å². The fourth-order valence-corrected chi connectivity index (χ4v) is 3.38. The van der Waals surface area contributed by atoms with Gasteiger partial charge in [-0.25, -0.2) is 0 Å². The first-order valence-electron chi connectivity index (χ1n) is 6.66. The molecule has 1 aliphatic rings. The van der Waals surface area contributed by atoms with Crippen LogP contribution >= 0.6 is 0 Å². The van der Waals surface area contributed by atoms with Crippen molar-refractivity contribution < 1.29 is 0 Å². The summed E-state index contributed by atoms with van der Waals surface area (Å²) in [5.74, 6) is 1.88. The second-order valence-electron chi connectivity index (χ2n) is 6.33. The Morgan fingerprint density at radius 2 is 1.93 bits per heavy atom. The zero-order valence-electron chi connectivity index (χ0n) is 11.3. The molecular formula is C14H29N. The van der Waals surface area contributed by atoms with Crippen LogP contribution in [0, 0.1) is 17.3 Å². The first-order chi connectivity index (χ1) is 6.99. The molecule has 0 saturated heterocycles. The maximum Gasteiger partial charge on any atom is 0.0141 e. The fourth-order valence-electron chi connectivity index (χ4n) is 3.38. The Kier molecular flexibility index (Phi) is 4.64. The van der Waals surface area contributed by atoms with Gasteiger partial charge in [-0.3, -0.25) is 0 Å². The van der Waals surface area contributed by atoms with Crippen LogP contribution in [0.15, 0.2) is 0 Å². The Bertz CT molecular complexity index is 180. The molecule has 3 atom stereocenters. The van der Waals surface area contributed by atoms with Crippen molar-refractivity contribution in [1.29, 1.82) is 0 Å². The van der Waals surface area contributed by atoms with Gasteiger partial charge in [0.2, 0.25) is 0 Å². The smallest absolute Gasteiger partial charge is 0.0141 e. The monoisotopic (exact) mass is 211 g/mol. The zero-order chi connectivity index (χ0) is 11.5. The molecule has 1 rings (SSSR count). The van der Waals surface area contributed by atoms with Crippen LogP contribution in [-0.2, 0) is 0 Å². The summed E-state index contributed by atoms with van der Waals surface area (Å²) in [4.78, 5) is 0. The molecule has 0 radical (unpaired) electrons. The van der Waals surface area contributed by atoms with Gasteiger partial charge in [0.15, 0.2) is 0 Å². The van der Waals surface area contributed by atoms with E-state index in [1.807, 2.05) is 0 Å². The standard InChI is InChI=1S/C14H29N/c1-6-11-8-7-9-12(10-11)13(15-5)14(2,3)4/h11-13,15H,6-10H2,1-5H3. The lowest BCUT2D eigenvalue weighted by Crippen LogP contribution is -2.45. The Hall–Kier alpha value is -0.0400. The van der Waals surface area contributed by atoms with Gasteiger partial charge in [0.25, 0.3) is 0 Å².